The van der Waals surface area contributed by atoms with Gasteiger partial charge in [-0.1, -0.05) is 18.2 Å². The number of nitrogens with zero attached hydrogens (tertiary/aromatic N) is 2. The van der Waals surface area contributed by atoms with Gasteiger partial charge in [-0.2, -0.15) is 0 Å². The number of rotatable bonds is 11. The number of hydrogen-bond donors (Lipinski definition) is 1. The topological polar surface area (TPSA) is 128 Å². The highest BCUT2D eigenvalue weighted by Gasteiger charge is 2.29. The van der Waals surface area contributed by atoms with Crippen molar-refractivity contribution in [1.29, 1.82) is 0 Å². The molecule has 3 rings (SSSR count). The maximum Gasteiger partial charge on any atom is 0.273 e. The van der Waals surface area contributed by atoms with Crippen molar-refractivity contribution in [2.24, 2.45) is 0 Å². The smallest absolute Gasteiger partial charge is 0.273 e. The summed E-state index contributed by atoms with van der Waals surface area (Å²) in [6.07, 6.45) is -0.00861. The molecule has 37 heavy (non-hydrogen) atoms. The second-order valence-corrected chi connectivity index (χ2v) is 10.4. The van der Waals surface area contributed by atoms with E-state index in [1.165, 1.54) is 38.3 Å². The van der Waals surface area contributed by atoms with Gasteiger partial charge in [0.25, 0.3) is 15.7 Å². The molecule has 0 aromatic heterocycles. The number of hydrogen-bond acceptors (Lipinski definition) is 7. The number of benzene rings is 3. The molecule has 0 spiro atoms. The van der Waals surface area contributed by atoms with Crippen LogP contribution in [0.4, 0.5) is 11.4 Å². The van der Waals surface area contributed by atoms with Gasteiger partial charge < -0.3 is 14.8 Å². The molecule has 0 aliphatic heterocycles. The summed E-state index contributed by atoms with van der Waals surface area (Å²) in [6.45, 7) is 4.94. The molecule has 0 heterocycles. The third kappa shape index (κ3) is 6.98. The maximum absolute atomic E-state index is 13.6. The molecule has 196 valence electrons. The second-order valence-electron chi connectivity index (χ2n) is 8.51. The highest BCUT2D eigenvalue weighted by Crippen LogP contribution is 2.29. The van der Waals surface area contributed by atoms with Crippen LogP contribution in [0.25, 0.3) is 0 Å². The summed E-state index contributed by atoms with van der Waals surface area (Å²) in [5.74, 6) is 0.598. The number of carbonyl (C=O) groups is 1. The molecule has 1 N–H and O–H groups in total. The van der Waals surface area contributed by atoms with Crippen molar-refractivity contribution in [3.05, 3.63) is 88.0 Å². The summed E-state index contributed by atoms with van der Waals surface area (Å²) in [5.41, 5.74) is 0.969. The lowest BCUT2D eigenvalue weighted by Crippen LogP contribution is -2.40. The van der Waals surface area contributed by atoms with Crippen LogP contribution in [0.2, 0.25) is 0 Å². The maximum atomic E-state index is 13.6. The lowest BCUT2D eigenvalue weighted by molar-refractivity contribution is -0.385. The number of carbonyl (C=O) groups excluding carboxylic acids is 1. The largest absolute Gasteiger partial charge is 0.497 e. The van der Waals surface area contributed by atoms with Gasteiger partial charge in [0.15, 0.2) is 0 Å². The minimum Gasteiger partial charge on any atom is -0.497 e. The number of anilines is 1. The highest BCUT2D eigenvalue weighted by atomic mass is 32.2. The molecule has 3 aromatic rings. The molecular weight excluding hydrogens is 498 g/mol. The Morgan fingerprint density at radius 2 is 1.76 bits per heavy atom. The van der Waals surface area contributed by atoms with E-state index in [0.717, 1.165) is 15.9 Å². The molecule has 3 aromatic carbocycles. The zero-order valence-electron chi connectivity index (χ0n) is 21.0. The second kappa shape index (κ2) is 11.7. The normalized spacial score (nSPS) is 11.2. The van der Waals surface area contributed by atoms with Gasteiger partial charge in [-0.3, -0.25) is 19.2 Å². The van der Waals surface area contributed by atoms with E-state index < -0.39 is 27.4 Å². The van der Waals surface area contributed by atoms with Gasteiger partial charge in [0.2, 0.25) is 5.91 Å². The first-order chi connectivity index (χ1) is 17.5. The van der Waals surface area contributed by atoms with Crippen LogP contribution in [-0.2, 0) is 21.4 Å². The molecule has 0 aliphatic rings. The third-order valence-electron chi connectivity index (χ3n) is 5.37. The molecule has 0 radical (unpaired) electrons. The van der Waals surface area contributed by atoms with E-state index in [0.29, 0.717) is 17.1 Å². The van der Waals surface area contributed by atoms with Gasteiger partial charge in [0.1, 0.15) is 18.0 Å². The molecular formula is C26H29N3O7S. The Kier molecular flexibility index (Phi) is 8.72. The average molecular weight is 528 g/mol. The van der Waals surface area contributed by atoms with E-state index in [2.05, 4.69) is 5.32 Å². The van der Waals surface area contributed by atoms with E-state index in [4.69, 9.17) is 9.47 Å². The van der Waals surface area contributed by atoms with Crippen molar-refractivity contribution in [2.75, 3.05) is 18.0 Å². The van der Waals surface area contributed by atoms with E-state index in [1.54, 1.807) is 24.3 Å². The summed E-state index contributed by atoms with van der Waals surface area (Å²) in [4.78, 5) is 23.4. The fourth-order valence-corrected chi connectivity index (χ4v) is 4.97. The predicted molar refractivity (Wildman–Crippen MR) is 139 cm³/mol. The van der Waals surface area contributed by atoms with Crippen LogP contribution in [0.5, 0.6) is 11.5 Å². The standard InChI is InChI=1S/C26H29N3O7S/c1-18(2)36-23-7-5-6-20(14-23)16-27-26(30)17-28(21-9-11-22(35-4)12-10-21)37(33,34)24-13-8-19(3)25(15-24)29(31)32/h5-15,18H,16-17H2,1-4H3,(H,27,30). The van der Waals surface area contributed by atoms with E-state index >= 15 is 0 Å². The Hall–Kier alpha value is -4.12. The van der Waals surface area contributed by atoms with E-state index in [-0.39, 0.29) is 28.9 Å². The summed E-state index contributed by atoms with van der Waals surface area (Å²) in [7, 11) is -2.86. The number of methoxy groups -OCH3 is 1. The van der Waals surface area contributed by atoms with Crippen LogP contribution in [0.1, 0.15) is 25.0 Å². The summed E-state index contributed by atoms with van der Waals surface area (Å²) in [5, 5.41) is 14.1. The molecule has 1 amide bonds. The molecule has 0 saturated heterocycles. The molecule has 0 unspecified atom stereocenters. The van der Waals surface area contributed by atoms with Gasteiger partial charge in [-0.15, -0.1) is 0 Å². The van der Waals surface area contributed by atoms with Gasteiger partial charge in [-0.25, -0.2) is 8.42 Å². The zero-order chi connectivity index (χ0) is 27.2. The Morgan fingerprint density at radius 3 is 2.38 bits per heavy atom. The zero-order valence-corrected chi connectivity index (χ0v) is 21.8. The van der Waals surface area contributed by atoms with Gasteiger partial charge in [0, 0.05) is 18.2 Å². The predicted octanol–water partition coefficient (Wildman–Crippen LogP) is 4.21. The number of ether oxygens (including phenoxy) is 2. The van der Waals surface area contributed by atoms with Gasteiger partial charge >= 0.3 is 0 Å². The van der Waals surface area contributed by atoms with E-state index in [1.807, 2.05) is 26.0 Å². The summed E-state index contributed by atoms with van der Waals surface area (Å²) >= 11 is 0. The molecule has 0 aliphatic carbocycles. The van der Waals surface area contributed by atoms with Crippen LogP contribution < -0.4 is 19.1 Å². The Labute approximate surface area is 216 Å². The van der Waals surface area contributed by atoms with Crippen LogP contribution >= 0.6 is 0 Å². The van der Waals surface area contributed by atoms with Gasteiger partial charge in [0.05, 0.1) is 28.7 Å². The van der Waals surface area contributed by atoms with Crippen molar-refractivity contribution >= 4 is 27.3 Å². The molecule has 11 heteroatoms. The van der Waals surface area contributed by atoms with Crippen molar-refractivity contribution in [3.8, 4) is 11.5 Å². The average Bonchev–Trinajstić information content (AvgIpc) is 2.86. The Morgan fingerprint density at radius 1 is 1.05 bits per heavy atom. The third-order valence-corrected chi connectivity index (χ3v) is 7.14. The minimum absolute atomic E-state index is 0.00861. The summed E-state index contributed by atoms with van der Waals surface area (Å²) in [6, 6.07) is 17.0. The molecule has 0 bridgehead atoms. The SMILES string of the molecule is COc1ccc(N(CC(=O)NCc2cccc(OC(C)C)c2)S(=O)(=O)c2ccc(C)c([N+](=O)[O-])c2)cc1. The van der Waals surface area contributed by atoms with E-state index in [9.17, 15) is 23.3 Å². The fraction of sp³-hybridized carbons (Fsp3) is 0.269. The first-order valence-electron chi connectivity index (χ1n) is 11.5. The number of sulfonamides is 1. The van der Waals surface area contributed by atoms with Crippen molar-refractivity contribution < 1.29 is 27.6 Å². The van der Waals surface area contributed by atoms with Crippen molar-refractivity contribution in [1.82, 2.24) is 5.32 Å². The van der Waals surface area contributed by atoms with Crippen LogP contribution in [0.15, 0.2) is 71.6 Å². The number of nitro groups is 1. The molecule has 10 nitrogen and oxygen atoms in total. The molecule has 0 fully saturated rings. The number of amides is 1. The summed E-state index contributed by atoms with van der Waals surface area (Å²) < 4.78 is 38.9. The Balaban J connectivity index is 1.88. The monoisotopic (exact) mass is 527 g/mol. The lowest BCUT2D eigenvalue weighted by atomic mass is 10.2. The number of nitro benzene ring substituents is 1. The van der Waals surface area contributed by atoms with Crippen LogP contribution in [-0.4, -0.2) is 39.0 Å². The van der Waals surface area contributed by atoms with Crippen molar-refractivity contribution in [2.45, 2.75) is 38.3 Å². The number of aryl methyl sites for hydroxylation is 1. The van der Waals surface area contributed by atoms with Crippen LogP contribution in [0.3, 0.4) is 0 Å². The minimum atomic E-state index is -4.34. The molecule has 0 saturated carbocycles. The lowest BCUT2D eigenvalue weighted by Gasteiger charge is -2.24. The first-order valence-corrected chi connectivity index (χ1v) is 12.9. The van der Waals surface area contributed by atoms with Crippen LogP contribution in [0, 0.1) is 17.0 Å². The Bertz CT molecular complexity index is 1370. The molecule has 0 atom stereocenters. The number of nitrogens with one attached hydrogen (secondary N) is 1. The highest BCUT2D eigenvalue weighted by molar-refractivity contribution is 7.92. The quantitative estimate of drug-likeness (QED) is 0.292. The van der Waals surface area contributed by atoms with Gasteiger partial charge in [-0.05, 0) is 68.8 Å². The first kappa shape index (κ1) is 27.5. The van der Waals surface area contributed by atoms with Crippen molar-refractivity contribution in [3.63, 3.8) is 0 Å². The fourth-order valence-electron chi connectivity index (χ4n) is 3.53.